The van der Waals surface area contributed by atoms with E-state index in [1.807, 2.05) is 19.1 Å². The summed E-state index contributed by atoms with van der Waals surface area (Å²) in [5.41, 5.74) is 0.832. The van der Waals surface area contributed by atoms with Crippen LogP contribution in [0.4, 0.5) is 0 Å². The van der Waals surface area contributed by atoms with Gasteiger partial charge in [-0.15, -0.1) is 5.10 Å². The standard InChI is InChI=1S/C29H41IN6O7/c1-3-4-13-31-27(41)24(18-9-5-6-10-18)35(28(42)20-11-7-8-12-21(20)30)14-19-15-36(34-33-19)29-23(32-17(2)38)26(40)25(39)22(16-37)43-29/h7-8,11-12,15,18,22-26,29,37,39-40H,3-6,9-10,13-14,16H2,1-2H3,(H,31,41)(H,32,38). The first-order chi connectivity index (χ1) is 20.7. The smallest absolute Gasteiger partial charge is 0.255 e. The lowest BCUT2D eigenvalue weighted by Crippen LogP contribution is -2.62. The van der Waals surface area contributed by atoms with Crippen LogP contribution in [0.5, 0.6) is 0 Å². The molecule has 6 atom stereocenters. The van der Waals surface area contributed by atoms with Gasteiger partial charge in [0.15, 0.2) is 6.23 Å². The summed E-state index contributed by atoms with van der Waals surface area (Å²) in [6.07, 6.45) is 1.75. The Hall–Kier alpha value is -2.66. The van der Waals surface area contributed by atoms with Crippen LogP contribution in [0.25, 0.3) is 0 Å². The van der Waals surface area contributed by atoms with Crippen LogP contribution in [-0.2, 0) is 20.9 Å². The first-order valence-corrected chi connectivity index (χ1v) is 15.9. The number of hydrogen-bond donors (Lipinski definition) is 5. The molecule has 1 aromatic heterocycles. The van der Waals surface area contributed by atoms with Gasteiger partial charge >= 0.3 is 0 Å². The highest BCUT2D eigenvalue weighted by Gasteiger charge is 2.46. The molecule has 43 heavy (non-hydrogen) atoms. The predicted octanol–water partition coefficient (Wildman–Crippen LogP) is 1.12. The number of carbonyl (C=O) groups is 3. The fraction of sp³-hybridized carbons (Fsp3) is 0.621. The molecule has 1 aromatic carbocycles. The van der Waals surface area contributed by atoms with Crippen molar-refractivity contribution >= 4 is 40.3 Å². The lowest BCUT2D eigenvalue weighted by molar-refractivity contribution is -0.219. The monoisotopic (exact) mass is 712 g/mol. The highest BCUT2D eigenvalue weighted by Crippen LogP contribution is 2.33. The molecule has 2 aliphatic rings. The Labute approximate surface area is 264 Å². The lowest BCUT2D eigenvalue weighted by atomic mass is 9.94. The van der Waals surface area contributed by atoms with Crippen molar-refractivity contribution in [3.8, 4) is 0 Å². The van der Waals surface area contributed by atoms with E-state index in [9.17, 15) is 29.7 Å². The summed E-state index contributed by atoms with van der Waals surface area (Å²) in [6, 6.07) is 5.40. The number of hydrogen-bond acceptors (Lipinski definition) is 9. The number of benzene rings is 1. The number of aliphatic hydroxyl groups is 3. The van der Waals surface area contributed by atoms with Crippen molar-refractivity contribution in [3.05, 3.63) is 45.3 Å². The molecule has 3 amide bonds. The number of aromatic nitrogens is 3. The first-order valence-electron chi connectivity index (χ1n) is 14.8. The molecule has 2 aromatic rings. The molecule has 13 nitrogen and oxygen atoms in total. The SMILES string of the molecule is CCCCNC(=O)C(C1CCCC1)N(Cc1cn(C2OC(CO)C(O)C(O)C2NC(C)=O)nn1)C(=O)c1ccccc1I. The molecule has 1 aliphatic heterocycles. The minimum absolute atomic E-state index is 0.0187. The van der Waals surface area contributed by atoms with Gasteiger partial charge in [-0.3, -0.25) is 14.4 Å². The van der Waals surface area contributed by atoms with E-state index >= 15 is 0 Å². The van der Waals surface area contributed by atoms with Crippen LogP contribution in [0.15, 0.2) is 30.5 Å². The summed E-state index contributed by atoms with van der Waals surface area (Å²) in [6.45, 7) is 3.23. The third-order valence-corrected chi connectivity index (χ3v) is 9.01. The van der Waals surface area contributed by atoms with E-state index in [0.717, 1.165) is 42.1 Å². The molecule has 2 heterocycles. The number of ether oxygens (including phenoxy) is 1. The van der Waals surface area contributed by atoms with Crippen LogP contribution in [0.1, 0.15) is 74.7 Å². The molecule has 1 saturated heterocycles. The number of aliphatic hydroxyl groups excluding tert-OH is 3. The zero-order valence-corrected chi connectivity index (χ0v) is 26.6. The van der Waals surface area contributed by atoms with E-state index < -0.39 is 49.1 Å². The van der Waals surface area contributed by atoms with Crippen molar-refractivity contribution in [2.45, 2.75) is 95.5 Å². The molecule has 0 radical (unpaired) electrons. The Balaban J connectivity index is 1.68. The third-order valence-electron chi connectivity index (χ3n) is 8.07. The van der Waals surface area contributed by atoms with Crippen molar-refractivity contribution in [2.75, 3.05) is 13.2 Å². The van der Waals surface area contributed by atoms with E-state index in [1.165, 1.54) is 17.8 Å². The summed E-state index contributed by atoms with van der Waals surface area (Å²) >= 11 is 2.11. The zero-order valence-electron chi connectivity index (χ0n) is 24.4. The van der Waals surface area contributed by atoms with Gasteiger partial charge in [0.05, 0.1) is 24.9 Å². The maximum atomic E-state index is 14.2. The van der Waals surface area contributed by atoms with Crippen molar-refractivity contribution in [2.24, 2.45) is 5.92 Å². The van der Waals surface area contributed by atoms with Crippen LogP contribution < -0.4 is 10.6 Å². The fourth-order valence-electron chi connectivity index (χ4n) is 5.86. The van der Waals surface area contributed by atoms with Crippen LogP contribution >= 0.6 is 22.6 Å². The summed E-state index contributed by atoms with van der Waals surface area (Å²) < 4.78 is 7.87. The predicted molar refractivity (Wildman–Crippen MR) is 163 cm³/mol. The Kier molecular flexibility index (Phi) is 11.9. The van der Waals surface area contributed by atoms with E-state index in [2.05, 4.69) is 43.5 Å². The lowest BCUT2D eigenvalue weighted by Gasteiger charge is -2.42. The molecular weight excluding hydrogens is 671 g/mol. The van der Waals surface area contributed by atoms with Crippen LogP contribution in [0, 0.1) is 9.49 Å². The van der Waals surface area contributed by atoms with E-state index in [4.69, 9.17) is 4.74 Å². The Bertz CT molecular complexity index is 1260. The molecule has 4 rings (SSSR count). The number of nitrogens with zero attached hydrogens (tertiary/aromatic N) is 4. The van der Waals surface area contributed by atoms with Crippen LogP contribution in [0.3, 0.4) is 0 Å². The van der Waals surface area contributed by atoms with Crippen molar-refractivity contribution in [1.82, 2.24) is 30.5 Å². The van der Waals surface area contributed by atoms with Crippen molar-refractivity contribution < 1.29 is 34.4 Å². The van der Waals surface area contributed by atoms with E-state index in [0.29, 0.717) is 17.8 Å². The second-order valence-electron chi connectivity index (χ2n) is 11.2. The van der Waals surface area contributed by atoms with Gasteiger partial charge in [-0.2, -0.15) is 0 Å². The number of rotatable bonds is 12. The number of halogens is 1. The second kappa shape index (κ2) is 15.4. The number of unbranched alkanes of at least 4 members (excludes halogenated alkanes) is 1. The van der Waals surface area contributed by atoms with Gasteiger partial charge in [0, 0.05) is 17.0 Å². The number of carbonyl (C=O) groups excluding carboxylic acids is 3. The zero-order chi connectivity index (χ0) is 31.1. The number of amides is 3. The van der Waals surface area contributed by atoms with Gasteiger partial charge in [0.25, 0.3) is 5.91 Å². The molecule has 2 fully saturated rings. The Morgan fingerprint density at radius 1 is 1.19 bits per heavy atom. The highest BCUT2D eigenvalue weighted by molar-refractivity contribution is 14.1. The summed E-state index contributed by atoms with van der Waals surface area (Å²) in [4.78, 5) is 41.4. The topological polar surface area (TPSA) is 179 Å². The molecule has 6 unspecified atom stereocenters. The van der Waals surface area contributed by atoms with Gasteiger partial charge in [-0.25, -0.2) is 4.68 Å². The van der Waals surface area contributed by atoms with Crippen molar-refractivity contribution in [3.63, 3.8) is 0 Å². The average molecular weight is 713 g/mol. The van der Waals surface area contributed by atoms with Gasteiger partial charge in [-0.1, -0.05) is 43.5 Å². The Morgan fingerprint density at radius 2 is 1.91 bits per heavy atom. The van der Waals surface area contributed by atoms with Gasteiger partial charge in [0.1, 0.15) is 36.1 Å². The maximum Gasteiger partial charge on any atom is 0.255 e. The van der Waals surface area contributed by atoms with E-state index in [-0.39, 0.29) is 24.3 Å². The summed E-state index contributed by atoms with van der Waals surface area (Å²) in [5.74, 6) is -0.979. The minimum Gasteiger partial charge on any atom is -0.394 e. The third kappa shape index (κ3) is 7.90. The molecule has 0 spiro atoms. The first kappa shape index (κ1) is 33.2. The van der Waals surface area contributed by atoms with Gasteiger partial charge in [-0.05, 0) is 59.9 Å². The average Bonchev–Trinajstić information content (AvgIpc) is 3.68. The van der Waals surface area contributed by atoms with Crippen LogP contribution in [0.2, 0.25) is 0 Å². The Morgan fingerprint density at radius 3 is 2.56 bits per heavy atom. The molecular formula is C29H41IN6O7. The van der Waals surface area contributed by atoms with Crippen molar-refractivity contribution in [1.29, 1.82) is 0 Å². The number of nitrogens with one attached hydrogen (secondary N) is 2. The highest BCUT2D eigenvalue weighted by atomic mass is 127. The molecule has 236 valence electrons. The van der Waals surface area contributed by atoms with Crippen LogP contribution in [-0.4, -0.2) is 96.5 Å². The maximum absolute atomic E-state index is 14.2. The largest absolute Gasteiger partial charge is 0.394 e. The molecule has 5 N–H and O–H groups in total. The molecule has 0 bridgehead atoms. The quantitative estimate of drug-likeness (QED) is 0.159. The minimum atomic E-state index is -1.45. The molecule has 1 saturated carbocycles. The normalized spacial score (nSPS) is 24.8. The van der Waals surface area contributed by atoms with E-state index in [1.54, 1.807) is 17.0 Å². The molecule has 14 heteroatoms. The van der Waals surface area contributed by atoms with Gasteiger partial charge in [0.2, 0.25) is 11.8 Å². The summed E-state index contributed by atoms with van der Waals surface area (Å²) in [7, 11) is 0. The van der Waals surface area contributed by atoms with Gasteiger partial charge < -0.3 is 35.6 Å². The fourth-order valence-corrected chi connectivity index (χ4v) is 6.48. The molecule has 1 aliphatic carbocycles. The second-order valence-corrected chi connectivity index (χ2v) is 12.4. The summed E-state index contributed by atoms with van der Waals surface area (Å²) in [5, 5.41) is 44.9.